The van der Waals surface area contributed by atoms with Crippen LogP contribution < -0.4 is 15.8 Å². The first-order valence-corrected chi connectivity index (χ1v) is 10.1. The van der Waals surface area contributed by atoms with Gasteiger partial charge in [0.05, 0.1) is 0 Å². The minimum Gasteiger partial charge on any atom is -0.484 e. The molecule has 0 bridgehead atoms. The maximum absolute atomic E-state index is 12.2. The maximum atomic E-state index is 12.2. The zero-order chi connectivity index (χ0) is 19.3. The monoisotopic (exact) mass is 388 g/mol. The molecule has 1 fully saturated rings. The van der Waals surface area contributed by atoms with E-state index >= 15 is 0 Å². The highest BCUT2D eigenvalue weighted by Crippen LogP contribution is 2.46. The molecule has 0 heterocycles. The number of carbonyl (C=O) groups is 1. The van der Waals surface area contributed by atoms with Crippen LogP contribution in [0.25, 0.3) is 0 Å². The van der Waals surface area contributed by atoms with Gasteiger partial charge in [-0.15, -0.1) is 0 Å². The first-order valence-electron chi connectivity index (χ1n) is 9.72. The fraction of sp³-hybridized carbons (Fsp3) is 0.500. The molecule has 2 aliphatic rings. The molecule has 3 N–H and O–H groups in total. The summed E-state index contributed by atoms with van der Waals surface area (Å²) in [6, 6.07) is 7.91. The summed E-state index contributed by atoms with van der Waals surface area (Å²) < 4.78 is 5.57. The van der Waals surface area contributed by atoms with Crippen LogP contribution in [0.1, 0.15) is 37.7 Å². The average molecular weight is 389 g/mol. The van der Waals surface area contributed by atoms with E-state index in [1.165, 1.54) is 5.56 Å². The van der Waals surface area contributed by atoms with Crippen LogP contribution in [-0.4, -0.2) is 25.1 Å². The molecule has 2 aliphatic carbocycles. The number of amides is 1. The Balaban J connectivity index is 1.47. The number of nitrogens with two attached hydrogens (primary N) is 1. The topological polar surface area (TPSA) is 64.3 Å². The molecule has 0 saturated heterocycles. The highest BCUT2D eigenvalue weighted by Gasteiger charge is 2.40. The second-order valence-corrected chi connectivity index (χ2v) is 8.30. The quantitative estimate of drug-likeness (QED) is 0.771. The highest BCUT2D eigenvalue weighted by atomic mass is 35.5. The third-order valence-corrected chi connectivity index (χ3v) is 6.25. The van der Waals surface area contributed by atoms with Crippen molar-refractivity contribution >= 4 is 17.5 Å². The number of hydrogen-bond donors (Lipinski definition) is 2. The maximum Gasteiger partial charge on any atom is 0.258 e. The van der Waals surface area contributed by atoms with E-state index < -0.39 is 0 Å². The van der Waals surface area contributed by atoms with Crippen LogP contribution in [0.4, 0.5) is 0 Å². The van der Waals surface area contributed by atoms with Gasteiger partial charge in [0.2, 0.25) is 0 Å². The molecule has 27 heavy (non-hydrogen) atoms. The number of nitrogens with one attached hydrogen (secondary N) is 1. The Labute approximate surface area is 166 Å². The lowest BCUT2D eigenvalue weighted by atomic mass is 9.63. The summed E-state index contributed by atoms with van der Waals surface area (Å²) in [5.41, 5.74) is 7.44. The molecule has 4 nitrogen and oxygen atoms in total. The first kappa shape index (κ1) is 20.0. The summed E-state index contributed by atoms with van der Waals surface area (Å²) >= 11 is 6.24. The SMILES string of the molecule is Cc1ccc(OCC(=O)NC2CCC(CN)(C3C=CC=C(Cl)C3)CC2)cc1. The summed E-state index contributed by atoms with van der Waals surface area (Å²) in [4.78, 5) is 12.2. The fourth-order valence-electron chi connectivity index (χ4n) is 4.18. The summed E-state index contributed by atoms with van der Waals surface area (Å²) in [6.07, 6.45) is 11.0. The van der Waals surface area contributed by atoms with Crippen molar-refractivity contribution in [3.8, 4) is 5.75 Å². The van der Waals surface area contributed by atoms with Gasteiger partial charge >= 0.3 is 0 Å². The number of hydrogen-bond acceptors (Lipinski definition) is 3. The van der Waals surface area contributed by atoms with Crippen LogP contribution in [0.15, 0.2) is 47.5 Å². The van der Waals surface area contributed by atoms with Gasteiger partial charge in [-0.1, -0.05) is 41.4 Å². The molecule has 0 aromatic heterocycles. The van der Waals surface area contributed by atoms with Crippen LogP contribution in [0, 0.1) is 18.3 Å². The van der Waals surface area contributed by atoms with Crippen molar-refractivity contribution < 1.29 is 9.53 Å². The van der Waals surface area contributed by atoms with Gasteiger partial charge in [0, 0.05) is 11.1 Å². The van der Waals surface area contributed by atoms with E-state index in [4.69, 9.17) is 22.1 Å². The lowest BCUT2D eigenvalue weighted by molar-refractivity contribution is -0.124. The molecule has 0 radical (unpaired) electrons. The van der Waals surface area contributed by atoms with Crippen LogP contribution >= 0.6 is 11.6 Å². The van der Waals surface area contributed by atoms with E-state index in [0.29, 0.717) is 12.5 Å². The van der Waals surface area contributed by atoms with Crippen molar-refractivity contribution in [2.45, 2.75) is 45.1 Å². The van der Waals surface area contributed by atoms with E-state index in [1.807, 2.05) is 43.3 Å². The molecule has 0 aliphatic heterocycles. The number of allylic oxidation sites excluding steroid dienone is 4. The summed E-state index contributed by atoms with van der Waals surface area (Å²) in [7, 11) is 0. The number of aryl methyl sites for hydroxylation is 1. The zero-order valence-electron chi connectivity index (χ0n) is 15.9. The average Bonchev–Trinajstić information content (AvgIpc) is 2.68. The van der Waals surface area contributed by atoms with Crippen LogP contribution in [0.5, 0.6) is 5.75 Å². The van der Waals surface area contributed by atoms with Gasteiger partial charge < -0.3 is 15.8 Å². The highest BCUT2D eigenvalue weighted by molar-refractivity contribution is 6.29. The summed E-state index contributed by atoms with van der Waals surface area (Å²) in [5, 5.41) is 4.02. The molecule has 0 spiro atoms. The van der Waals surface area contributed by atoms with Gasteiger partial charge in [-0.2, -0.15) is 0 Å². The van der Waals surface area contributed by atoms with Crippen molar-refractivity contribution in [2.24, 2.45) is 17.1 Å². The van der Waals surface area contributed by atoms with Gasteiger partial charge in [0.25, 0.3) is 5.91 Å². The minimum atomic E-state index is -0.0654. The van der Waals surface area contributed by atoms with Crippen molar-refractivity contribution in [1.82, 2.24) is 5.32 Å². The number of ether oxygens (including phenoxy) is 1. The molecule has 1 amide bonds. The van der Waals surface area contributed by atoms with Crippen molar-refractivity contribution in [1.29, 1.82) is 0 Å². The van der Waals surface area contributed by atoms with E-state index in [9.17, 15) is 4.79 Å². The Bertz CT molecular complexity index is 704. The molecule has 5 heteroatoms. The molecule has 1 unspecified atom stereocenters. The number of halogens is 1. The molecule has 1 aromatic carbocycles. The van der Waals surface area contributed by atoms with Crippen LogP contribution in [0.2, 0.25) is 0 Å². The normalized spacial score (nSPS) is 27.7. The molecular formula is C22H29ClN2O2. The third kappa shape index (κ3) is 5.14. The van der Waals surface area contributed by atoms with Crippen LogP contribution in [-0.2, 0) is 4.79 Å². The van der Waals surface area contributed by atoms with Gasteiger partial charge in [-0.05, 0) is 75.1 Å². The molecule has 1 aromatic rings. The lowest BCUT2D eigenvalue weighted by Gasteiger charge is -2.44. The molecule has 1 atom stereocenters. The first-order chi connectivity index (χ1) is 13.0. The largest absolute Gasteiger partial charge is 0.484 e. The predicted octanol–water partition coefficient (Wildman–Crippen LogP) is 4.08. The zero-order valence-corrected chi connectivity index (χ0v) is 16.7. The second kappa shape index (κ2) is 8.94. The Kier molecular flexibility index (Phi) is 6.61. The van der Waals surface area contributed by atoms with Crippen molar-refractivity contribution in [2.75, 3.05) is 13.2 Å². The smallest absolute Gasteiger partial charge is 0.258 e. The van der Waals surface area contributed by atoms with Gasteiger partial charge in [-0.3, -0.25) is 4.79 Å². The fourth-order valence-corrected chi connectivity index (χ4v) is 4.42. The Morgan fingerprint density at radius 1 is 1.30 bits per heavy atom. The number of rotatable bonds is 6. The Hall–Kier alpha value is -1.78. The van der Waals surface area contributed by atoms with E-state index in [1.54, 1.807) is 0 Å². The number of benzene rings is 1. The molecule has 1 saturated carbocycles. The van der Waals surface area contributed by atoms with E-state index in [-0.39, 0.29) is 24.0 Å². The summed E-state index contributed by atoms with van der Waals surface area (Å²) in [5.74, 6) is 1.04. The predicted molar refractivity (Wildman–Crippen MR) is 110 cm³/mol. The van der Waals surface area contributed by atoms with Gasteiger partial charge in [-0.25, -0.2) is 0 Å². The minimum absolute atomic E-state index is 0.0490. The van der Waals surface area contributed by atoms with Gasteiger partial charge in [0.15, 0.2) is 6.61 Å². The Morgan fingerprint density at radius 3 is 2.63 bits per heavy atom. The van der Waals surface area contributed by atoms with E-state index in [0.717, 1.165) is 42.9 Å². The van der Waals surface area contributed by atoms with E-state index in [2.05, 4.69) is 11.4 Å². The number of carbonyl (C=O) groups excluding carboxylic acids is 1. The molecule has 3 rings (SSSR count). The molecular weight excluding hydrogens is 360 g/mol. The standard InChI is InChI=1S/C22H29ClN2O2/c1-16-5-7-20(8-6-16)27-14-21(26)25-19-9-11-22(15-24,12-10-19)17-3-2-4-18(23)13-17/h2-8,17,19H,9-15,24H2,1H3,(H,25,26). The summed E-state index contributed by atoms with van der Waals surface area (Å²) in [6.45, 7) is 2.73. The second-order valence-electron chi connectivity index (χ2n) is 7.82. The van der Waals surface area contributed by atoms with Crippen LogP contribution in [0.3, 0.4) is 0 Å². The van der Waals surface area contributed by atoms with Crippen molar-refractivity contribution in [3.05, 3.63) is 53.1 Å². The third-order valence-electron chi connectivity index (χ3n) is 5.97. The van der Waals surface area contributed by atoms with Gasteiger partial charge in [0.1, 0.15) is 5.75 Å². The molecule has 146 valence electrons. The lowest BCUT2D eigenvalue weighted by Crippen LogP contribution is -2.47. The van der Waals surface area contributed by atoms with Crippen molar-refractivity contribution in [3.63, 3.8) is 0 Å². The Morgan fingerprint density at radius 2 is 2.00 bits per heavy atom.